The quantitative estimate of drug-likeness (QED) is 0.419. The molecule has 0 saturated carbocycles. The molecule has 25 heavy (non-hydrogen) atoms. The van der Waals surface area contributed by atoms with E-state index in [2.05, 4.69) is 4.74 Å². The molecule has 0 bridgehead atoms. The van der Waals surface area contributed by atoms with E-state index in [0.717, 1.165) is 13.5 Å². The van der Waals surface area contributed by atoms with Gasteiger partial charge in [-0.25, -0.2) is 4.79 Å². The van der Waals surface area contributed by atoms with Crippen molar-refractivity contribution in [1.82, 2.24) is 0 Å². The number of hydrogen-bond donors (Lipinski definition) is 2. The number of hydrogen-bond acceptors (Lipinski definition) is 9. The first-order chi connectivity index (χ1) is 11.8. The minimum absolute atomic E-state index is 0.0121. The maximum absolute atomic E-state index is 12.0. The molecule has 1 heterocycles. The lowest BCUT2D eigenvalue weighted by Crippen LogP contribution is -2.62. The fourth-order valence-electron chi connectivity index (χ4n) is 2.32. The topological polar surface area (TPSA) is 129 Å². The Labute approximate surface area is 146 Å². The standard InChI is InChI=1S/C16H26O9/c1-4-5-8-23-12-11(19)15(20)25-14(16(21)22-3)13(12)24-10(18)7-6-9(2)17/h11-15,19-20H,4-8H2,1-3H3/t11-,12?,13-,14?,15+/m0/s1. The second-order valence-electron chi connectivity index (χ2n) is 5.81. The van der Waals surface area contributed by atoms with Crippen LogP contribution in [0.2, 0.25) is 0 Å². The number of aliphatic hydroxyl groups excluding tert-OH is 2. The van der Waals surface area contributed by atoms with Crippen molar-refractivity contribution in [3.63, 3.8) is 0 Å². The van der Waals surface area contributed by atoms with Gasteiger partial charge in [0.25, 0.3) is 0 Å². The molecule has 9 heteroatoms. The number of carbonyl (C=O) groups excluding carboxylic acids is 3. The van der Waals surface area contributed by atoms with Gasteiger partial charge in [-0.15, -0.1) is 0 Å². The number of Topliss-reactive ketones (excluding diaryl/α,β-unsaturated/α-hetero) is 1. The highest BCUT2D eigenvalue weighted by molar-refractivity contribution is 5.81. The second-order valence-corrected chi connectivity index (χ2v) is 5.81. The summed E-state index contributed by atoms with van der Waals surface area (Å²) in [6, 6.07) is 0. The third-order valence-electron chi connectivity index (χ3n) is 3.73. The summed E-state index contributed by atoms with van der Waals surface area (Å²) in [5.74, 6) is -1.81. The molecule has 0 spiro atoms. The highest BCUT2D eigenvalue weighted by Gasteiger charge is 2.51. The van der Waals surface area contributed by atoms with E-state index in [9.17, 15) is 24.6 Å². The zero-order valence-electron chi connectivity index (χ0n) is 14.7. The van der Waals surface area contributed by atoms with Crippen molar-refractivity contribution in [1.29, 1.82) is 0 Å². The van der Waals surface area contributed by atoms with Crippen LogP contribution in [-0.4, -0.2) is 72.4 Å². The van der Waals surface area contributed by atoms with Crippen LogP contribution in [0.15, 0.2) is 0 Å². The van der Waals surface area contributed by atoms with Crippen LogP contribution in [0, 0.1) is 0 Å². The van der Waals surface area contributed by atoms with Gasteiger partial charge in [0.15, 0.2) is 18.5 Å². The Morgan fingerprint density at radius 3 is 2.36 bits per heavy atom. The maximum atomic E-state index is 12.0. The molecular formula is C16H26O9. The molecule has 0 aromatic carbocycles. The monoisotopic (exact) mass is 362 g/mol. The van der Waals surface area contributed by atoms with Crippen molar-refractivity contribution in [3.8, 4) is 0 Å². The summed E-state index contributed by atoms with van der Waals surface area (Å²) in [4.78, 5) is 34.9. The molecule has 2 N–H and O–H groups in total. The van der Waals surface area contributed by atoms with Crippen molar-refractivity contribution in [3.05, 3.63) is 0 Å². The van der Waals surface area contributed by atoms with Gasteiger partial charge in [0.05, 0.1) is 13.5 Å². The zero-order valence-corrected chi connectivity index (χ0v) is 14.7. The molecule has 1 aliphatic rings. The van der Waals surface area contributed by atoms with Crippen molar-refractivity contribution >= 4 is 17.7 Å². The highest BCUT2D eigenvalue weighted by Crippen LogP contribution is 2.26. The van der Waals surface area contributed by atoms with Gasteiger partial charge in [-0.3, -0.25) is 4.79 Å². The number of rotatable bonds is 9. The van der Waals surface area contributed by atoms with E-state index >= 15 is 0 Å². The van der Waals surface area contributed by atoms with E-state index in [0.29, 0.717) is 6.42 Å². The molecule has 0 amide bonds. The SMILES string of the molecule is CCCCOC1[C@H](OC(=O)CCC(C)=O)C(C(=O)OC)O[C@@H](O)[C@H]1O. The van der Waals surface area contributed by atoms with Gasteiger partial charge < -0.3 is 34.0 Å². The lowest BCUT2D eigenvalue weighted by Gasteiger charge is -2.41. The molecule has 0 radical (unpaired) electrons. The van der Waals surface area contributed by atoms with Crippen molar-refractivity contribution < 1.29 is 43.5 Å². The number of ketones is 1. The predicted molar refractivity (Wildman–Crippen MR) is 83.3 cm³/mol. The Hall–Kier alpha value is -1.55. The number of esters is 2. The van der Waals surface area contributed by atoms with Gasteiger partial charge in [0, 0.05) is 13.0 Å². The largest absolute Gasteiger partial charge is 0.467 e. The first-order valence-electron chi connectivity index (χ1n) is 8.21. The fourth-order valence-corrected chi connectivity index (χ4v) is 2.32. The number of ether oxygens (including phenoxy) is 4. The van der Waals surface area contributed by atoms with Gasteiger partial charge in [-0.1, -0.05) is 13.3 Å². The van der Waals surface area contributed by atoms with E-state index in [1.54, 1.807) is 0 Å². The number of carbonyl (C=O) groups is 3. The van der Waals surface area contributed by atoms with Crippen LogP contribution < -0.4 is 0 Å². The fraction of sp³-hybridized carbons (Fsp3) is 0.812. The lowest BCUT2D eigenvalue weighted by molar-refractivity contribution is -0.291. The molecule has 5 atom stereocenters. The average molecular weight is 362 g/mol. The van der Waals surface area contributed by atoms with Crippen molar-refractivity contribution in [2.24, 2.45) is 0 Å². The van der Waals surface area contributed by atoms with Crippen molar-refractivity contribution in [2.75, 3.05) is 13.7 Å². The Bertz CT molecular complexity index is 465. The van der Waals surface area contributed by atoms with E-state index in [-0.39, 0.29) is 25.2 Å². The third-order valence-corrected chi connectivity index (χ3v) is 3.73. The smallest absolute Gasteiger partial charge is 0.339 e. The van der Waals surface area contributed by atoms with E-state index < -0.39 is 42.6 Å². The molecule has 1 saturated heterocycles. The van der Waals surface area contributed by atoms with E-state index in [1.165, 1.54) is 6.92 Å². The molecule has 9 nitrogen and oxygen atoms in total. The summed E-state index contributed by atoms with van der Waals surface area (Å²) in [6.45, 7) is 3.51. The molecule has 0 aliphatic carbocycles. The molecule has 1 fully saturated rings. The van der Waals surface area contributed by atoms with Gasteiger partial charge in [-0.2, -0.15) is 0 Å². The van der Waals surface area contributed by atoms with Crippen LogP contribution in [-0.2, 0) is 33.3 Å². The number of methoxy groups -OCH3 is 1. The molecule has 144 valence electrons. The second kappa shape index (κ2) is 10.4. The Morgan fingerprint density at radius 2 is 1.80 bits per heavy atom. The Kier molecular flexibility index (Phi) is 8.98. The summed E-state index contributed by atoms with van der Waals surface area (Å²) in [6.07, 6.45) is -5.81. The Morgan fingerprint density at radius 1 is 1.12 bits per heavy atom. The van der Waals surface area contributed by atoms with E-state index in [1.807, 2.05) is 6.92 Å². The minimum atomic E-state index is -1.69. The average Bonchev–Trinajstić information content (AvgIpc) is 2.58. The lowest BCUT2D eigenvalue weighted by atomic mass is 9.98. The van der Waals surface area contributed by atoms with E-state index in [4.69, 9.17) is 14.2 Å². The molecule has 0 aromatic rings. The van der Waals surface area contributed by atoms with Crippen LogP contribution in [0.1, 0.15) is 39.5 Å². The van der Waals surface area contributed by atoms with Crippen LogP contribution in [0.3, 0.4) is 0 Å². The van der Waals surface area contributed by atoms with Gasteiger partial charge in [0.2, 0.25) is 0 Å². The normalized spacial score (nSPS) is 29.1. The highest BCUT2D eigenvalue weighted by atomic mass is 16.7. The minimum Gasteiger partial charge on any atom is -0.467 e. The summed E-state index contributed by atoms with van der Waals surface area (Å²) >= 11 is 0. The van der Waals surface area contributed by atoms with Crippen LogP contribution in [0.4, 0.5) is 0 Å². The maximum Gasteiger partial charge on any atom is 0.339 e. The molecular weight excluding hydrogens is 336 g/mol. The molecule has 1 aliphatic heterocycles. The first kappa shape index (κ1) is 21.5. The summed E-state index contributed by atoms with van der Waals surface area (Å²) in [7, 11) is 1.12. The van der Waals surface area contributed by atoms with Gasteiger partial charge >= 0.3 is 11.9 Å². The van der Waals surface area contributed by atoms with Gasteiger partial charge in [0.1, 0.15) is 18.0 Å². The molecule has 0 aromatic heterocycles. The van der Waals surface area contributed by atoms with Gasteiger partial charge in [-0.05, 0) is 13.3 Å². The summed E-state index contributed by atoms with van der Waals surface area (Å²) in [5.41, 5.74) is 0. The third kappa shape index (κ3) is 6.35. The molecule has 1 rings (SSSR count). The zero-order chi connectivity index (χ0) is 19.0. The molecule has 2 unspecified atom stereocenters. The Balaban J connectivity index is 2.93. The number of aliphatic hydroxyl groups is 2. The summed E-state index contributed by atoms with van der Waals surface area (Å²) in [5, 5.41) is 19.9. The van der Waals surface area contributed by atoms with Crippen molar-refractivity contribution in [2.45, 2.75) is 70.2 Å². The van der Waals surface area contributed by atoms with Crippen LogP contribution >= 0.6 is 0 Å². The van der Waals surface area contributed by atoms with Crippen LogP contribution in [0.5, 0.6) is 0 Å². The predicted octanol–water partition coefficient (Wildman–Crippen LogP) is -0.296. The first-order valence-corrected chi connectivity index (χ1v) is 8.21. The van der Waals surface area contributed by atoms with Crippen LogP contribution in [0.25, 0.3) is 0 Å². The summed E-state index contributed by atoms with van der Waals surface area (Å²) < 4.78 is 20.4. The number of unbranched alkanes of at least 4 members (excludes halogenated alkanes) is 1.